The van der Waals surface area contributed by atoms with E-state index in [9.17, 15) is 19.5 Å². The third kappa shape index (κ3) is 6.11. The zero-order valence-electron chi connectivity index (χ0n) is 30.3. The number of nitrogens with zero attached hydrogens (tertiary/aromatic N) is 5. The van der Waals surface area contributed by atoms with Gasteiger partial charge in [-0.1, -0.05) is 91.0 Å². The molecule has 0 saturated carbocycles. The Bertz CT molecular complexity index is 2130. The number of aliphatic hydroxyl groups is 1. The highest BCUT2D eigenvalue weighted by Crippen LogP contribution is 2.59. The SMILES string of the molecule is C[C@@H]1[C@@H]([Si](C)(C)O)[C@H](CCn2cc(C(CO)c3ccccc3)nn2)O[C@@]12C(=O)N(Cc1ccc(N3C(=O)CCc4ccccc43)cc1)c1ccccc12. The van der Waals surface area contributed by atoms with Crippen molar-refractivity contribution < 1.29 is 24.2 Å². The van der Waals surface area contributed by atoms with Crippen LogP contribution < -0.4 is 9.80 Å². The van der Waals surface area contributed by atoms with Crippen molar-refractivity contribution in [2.24, 2.45) is 5.92 Å². The minimum absolute atomic E-state index is 0.0691. The van der Waals surface area contributed by atoms with Crippen LogP contribution in [0.4, 0.5) is 17.1 Å². The van der Waals surface area contributed by atoms with Gasteiger partial charge < -0.3 is 19.5 Å². The van der Waals surface area contributed by atoms with Crippen LogP contribution in [0.5, 0.6) is 0 Å². The fraction of sp³-hybridized carbons (Fsp3) is 0.333. The van der Waals surface area contributed by atoms with Gasteiger partial charge in [-0.05, 0) is 66.9 Å². The lowest BCUT2D eigenvalue weighted by molar-refractivity contribution is -0.146. The van der Waals surface area contributed by atoms with E-state index < -0.39 is 20.0 Å². The van der Waals surface area contributed by atoms with Gasteiger partial charge in [0.1, 0.15) is 0 Å². The Morgan fingerprint density at radius 1 is 0.906 bits per heavy atom. The Morgan fingerprint density at radius 2 is 1.60 bits per heavy atom. The predicted octanol–water partition coefficient (Wildman–Crippen LogP) is 6.45. The first-order chi connectivity index (χ1) is 25.6. The van der Waals surface area contributed by atoms with E-state index in [2.05, 4.69) is 23.3 Å². The number of aliphatic hydroxyl groups excluding tert-OH is 1. The van der Waals surface area contributed by atoms with E-state index in [-0.39, 0.29) is 35.8 Å². The maximum Gasteiger partial charge on any atom is 0.264 e. The Labute approximate surface area is 310 Å². The monoisotopic (exact) mass is 727 g/mol. The minimum atomic E-state index is -2.85. The maximum absolute atomic E-state index is 14.9. The van der Waals surface area contributed by atoms with E-state index in [1.165, 1.54) is 0 Å². The molecule has 3 aliphatic heterocycles. The lowest BCUT2D eigenvalue weighted by atomic mass is 9.82. The molecule has 0 bridgehead atoms. The Morgan fingerprint density at radius 3 is 2.34 bits per heavy atom. The van der Waals surface area contributed by atoms with Gasteiger partial charge >= 0.3 is 0 Å². The van der Waals surface area contributed by atoms with E-state index in [0.717, 1.165) is 45.7 Å². The van der Waals surface area contributed by atoms with Crippen molar-refractivity contribution in [2.75, 3.05) is 16.4 Å². The average molecular weight is 728 g/mol. The van der Waals surface area contributed by atoms with Crippen molar-refractivity contribution >= 4 is 37.2 Å². The smallest absolute Gasteiger partial charge is 0.264 e. The van der Waals surface area contributed by atoms with Crippen LogP contribution in [-0.2, 0) is 39.4 Å². The summed E-state index contributed by atoms with van der Waals surface area (Å²) >= 11 is 0. The zero-order chi connectivity index (χ0) is 36.9. The molecule has 5 atom stereocenters. The van der Waals surface area contributed by atoms with Gasteiger partial charge in [0.05, 0.1) is 42.2 Å². The Balaban J connectivity index is 1.04. The molecule has 11 heteroatoms. The van der Waals surface area contributed by atoms with Gasteiger partial charge in [0.15, 0.2) is 13.9 Å². The molecule has 1 aromatic heterocycles. The Hall–Kier alpha value is -4.94. The van der Waals surface area contributed by atoms with Crippen LogP contribution in [0.1, 0.15) is 53.6 Å². The molecule has 1 spiro atoms. The molecule has 8 rings (SSSR count). The summed E-state index contributed by atoms with van der Waals surface area (Å²) < 4.78 is 8.78. The summed E-state index contributed by atoms with van der Waals surface area (Å²) in [5, 5.41) is 18.9. The second-order valence-corrected chi connectivity index (χ2v) is 19.1. The van der Waals surface area contributed by atoms with Gasteiger partial charge in [0, 0.05) is 41.9 Å². The number of para-hydroxylation sites is 2. The molecular weight excluding hydrogens is 683 g/mol. The van der Waals surface area contributed by atoms with Gasteiger partial charge in [-0.3, -0.25) is 19.2 Å². The number of amides is 2. The van der Waals surface area contributed by atoms with E-state index in [1.807, 2.05) is 121 Å². The van der Waals surface area contributed by atoms with Gasteiger partial charge in [0.2, 0.25) is 5.91 Å². The minimum Gasteiger partial charge on any atom is -0.432 e. The molecule has 272 valence electrons. The van der Waals surface area contributed by atoms with Crippen molar-refractivity contribution in [3.63, 3.8) is 0 Å². The number of fused-ring (bicyclic) bond motifs is 3. The topological polar surface area (TPSA) is 121 Å². The summed E-state index contributed by atoms with van der Waals surface area (Å²) in [5.74, 6) is -0.627. The van der Waals surface area contributed by atoms with Crippen molar-refractivity contribution in [1.82, 2.24) is 15.0 Å². The molecule has 2 amide bonds. The van der Waals surface area contributed by atoms with Crippen molar-refractivity contribution in [3.05, 3.63) is 137 Å². The third-order valence-electron chi connectivity index (χ3n) is 11.5. The van der Waals surface area contributed by atoms with Crippen molar-refractivity contribution in [2.45, 2.75) is 75.5 Å². The van der Waals surface area contributed by atoms with Gasteiger partial charge in [-0.25, -0.2) is 0 Å². The number of hydrogen-bond donors (Lipinski definition) is 2. The van der Waals surface area contributed by atoms with E-state index in [0.29, 0.717) is 31.6 Å². The first-order valence-electron chi connectivity index (χ1n) is 18.5. The van der Waals surface area contributed by atoms with Crippen LogP contribution in [0.15, 0.2) is 109 Å². The van der Waals surface area contributed by atoms with Crippen LogP contribution in [0.3, 0.4) is 0 Å². The lowest BCUT2D eigenvalue weighted by Crippen LogP contribution is -2.46. The normalized spacial score (nSPS) is 23.1. The first kappa shape index (κ1) is 35.1. The number of aryl methyl sites for hydroxylation is 2. The highest BCUT2D eigenvalue weighted by molar-refractivity contribution is 6.71. The molecule has 4 aromatic carbocycles. The molecule has 1 saturated heterocycles. The number of anilines is 3. The first-order valence-corrected chi connectivity index (χ1v) is 21.5. The van der Waals surface area contributed by atoms with Gasteiger partial charge in [0.25, 0.3) is 5.91 Å². The second-order valence-electron chi connectivity index (χ2n) is 15.1. The standard InChI is InChI=1S/C42H45N5O5Si/c1-28-40(53(2,3)51)38(23-24-45-26-35(43-44-45)33(27-48)30-11-5-4-6-12-30)52-42(28)34-14-8-10-16-37(34)46(41(42)50)25-29-17-20-32(21-18-29)47-36-15-9-7-13-31(36)19-22-39(47)49/h4-18,20-21,26,28,33,38,40,48,51H,19,22-25,27H2,1-3H3/t28-,33?,38+,40-,42+/m1/s1. The molecule has 53 heavy (non-hydrogen) atoms. The van der Waals surface area contributed by atoms with Gasteiger partial charge in [-0.15, -0.1) is 5.10 Å². The van der Waals surface area contributed by atoms with Crippen molar-refractivity contribution in [1.29, 1.82) is 0 Å². The van der Waals surface area contributed by atoms with Crippen LogP contribution in [0.25, 0.3) is 0 Å². The average Bonchev–Trinajstić information content (AvgIpc) is 3.82. The highest BCUT2D eigenvalue weighted by Gasteiger charge is 2.66. The lowest BCUT2D eigenvalue weighted by Gasteiger charge is -2.32. The second kappa shape index (κ2) is 13.8. The molecule has 2 N–H and O–H groups in total. The number of carbonyl (C=O) groups is 2. The molecule has 0 aliphatic carbocycles. The van der Waals surface area contributed by atoms with Crippen LogP contribution in [-0.4, -0.2) is 57.7 Å². The molecule has 5 aromatic rings. The van der Waals surface area contributed by atoms with Crippen molar-refractivity contribution in [3.8, 4) is 0 Å². The number of benzene rings is 4. The third-order valence-corrected chi connectivity index (χ3v) is 14.0. The summed E-state index contributed by atoms with van der Waals surface area (Å²) in [7, 11) is -2.85. The molecule has 1 fully saturated rings. The highest BCUT2D eigenvalue weighted by atomic mass is 28.4. The summed E-state index contributed by atoms with van der Waals surface area (Å²) in [5.41, 5.74) is 5.62. The molecule has 4 heterocycles. The summed E-state index contributed by atoms with van der Waals surface area (Å²) in [6, 6.07) is 33.5. The molecule has 0 radical (unpaired) electrons. The van der Waals surface area contributed by atoms with E-state index >= 15 is 0 Å². The summed E-state index contributed by atoms with van der Waals surface area (Å²) in [6.07, 6.45) is 3.20. The number of carbonyl (C=O) groups excluding carboxylic acids is 2. The van der Waals surface area contributed by atoms with E-state index in [1.54, 1.807) is 9.58 Å². The molecular formula is C42H45N5O5Si. The van der Waals surface area contributed by atoms with Crippen LogP contribution in [0, 0.1) is 5.92 Å². The largest absolute Gasteiger partial charge is 0.432 e. The van der Waals surface area contributed by atoms with Gasteiger partial charge in [-0.2, -0.15) is 0 Å². The number of ether oxygens (including phenoxy) is 1. The fourth-order valence-corrected chi connectivity index (χ4v) is 11.6. The number of hydrogen-bond acceptors (Lipinski definition) is 7. The molecule has 1 unspecified atom stereocenters. The Kier molecular flexibility index (Phi) is 9.14. The number of aromatic nitrogens is 3. The maximum atomic E-state index is 14.9. The predicted molar refractivity (Wildman–Crippen MR) is 205 cm³/mol. The summed E-state index contributed by atoms with van der Waals surface area (Å²) in [4.78, 5) is 43.2. The molecule has 10 nitrogen and oxygen atoms in total. The number of rotatable bonds is 10. The van der Waals surface area contributed by atoms with Crippen LogP contribution in [0.2, 0.25) is 18.6 Å². The quantitative estimate of drug-likeness (QED) is 0.159. The summed E-state index contributed by atoms with van der Waals surface area (Å²) in [6.45, 7) is 6.64. The zero-order valence-corrected chi connectivity index (χ0v) is 31.3. The fourth-order valence-electron chi connectivity index (χ4n) is 9.00. The van der Waals surface area contributed by atoms with Crippen LogP contribution >= 0.6 is 0 Å². The molecule has 3 aliphatic rings. The van der Waals surface area contributed by atoms with E-state index in [4.69, 9.17) is 4.74 Å².